The normalized spacial score (nSPS) is 15.8. The molecule has 2 aliphatic carbocycles. The summed E-state index contributed by atoms with van der Waals surface area (Å²) in [5.41, 5.74) is 8.79. The monoisotopic (exact) mass is 686 g/mol. The first-order valence-electron chi connectivity index (χ1n) is 16.2. The molecule has 0 aliphatic heterocycles. The van der Waals surface area contributed by atoms with Crippen LogP contribution in [0.4, 0.5) is 0 Å². The summed E-state index contributed by atoms with van der Waals surface area (Å²) < 4.78 is 1.24. The van der Waals surface area contributed by atoms with Crippen molar-refractivity contribution in [3.63, 3.8) is 0 Å². The van der Waals surface area contributed by atoms with Crippen LogP contribution in [0, 0.1) is 0 Å². The van der Waals surface area contributed by atoms with Crippen LogP contribution in [-0.2, 0) is 36.1 Å². The van der Waals surface area contributed by atoms with E-state index < -0.39 is 31.2 Å². The number of hydrogen-bond donors (Lipinski definition) is 0. The summed E-state index contributed by atoms with van der Waals surface area (Å²) in [7, 11) is -0.546. The van der Waals surface area contributed by atoms with Gasteiger partial charge in [0.05, 0.1) is 0 Å². The van der Waals surface area contributed by atoms with E-state index in [9.17, 15) is 0 Å². The summed E-state index contributed by atoms with van der Waals surface area (Å²) in [5.74, 6) is 0. The summed E-state index contributed by atoms with van der Waals surface area (Å²) in [6, 6.07) is 61.7. The van der Waals surface area contributed by atoms with E-state index in [2.05, 4.69) is 188 Å². The van der Waals surface area contributed by atoms with Crippen LogP contribution in [0.15, 0.2) is 181 Å². The van der Waals surface area contributed by atoms with E-state index in [1.165, 1.54) is 32.9 Å². The number of fused-ring (bicyclic) bond motifs is 2. The molecule has 6 aromatic carbocycles. The molecule has 0 bridgehead atoms. The molecule has 2 unspecified atom stereocenters. The standard InChI is InChI=1S/C21H16P.C14H14.C9H7.Zr/c1-3-11-19(12-4-1)22(20-13-5-2-6-14-20)21-15-17-9-7-8-10-18(17)16-21;1-3-7-13(8-4-1)11-12-14-9-5-2-6-10-14;1-2-5-9-7-3-6-8(9)4-1;/h1-16H;1-10H,11-12H2;1-7H;. The Balaban J connectivity index is 0.000000202. The fourth-order valence-corrected chi connectivity index (χ4v) is 14.5. The molecule has 0 N–H and O–H groups in total. The Morgan fingerprint density at radius 2 is 0.913 bits per heavy atom. The number of aryl methyl sites for hydroxylation is 2. The molecule has 0 spiro atoms. The molecule has 2 atom stereocenters. The zero-order valence-corrected chi connectivity index (χ0v) is 29.3. The first-order valence-corrected chi connectivity index (χ1v) is 20.3. The van der Waals surface area contributed by atoms with Gasteiger partial charge in [-0.25, -0.2) is 0 Å². The predicted octanol–water partition coefficient (Wildman–Crippen LogP) is 10.5. The minimum Gasteiger partial charge on any atom is -0.0622 e. The second-order valence-electron chi connectivity index (χ2n) is 11.7. The van der Waals surface area contributed by atoms with E-state index >= 15 is 0 Å². The van der Waals surface area contributed by atoms with Crippen molar-refractivity contribution in [1.29, 1.82) is 0 Å². The van der Waals surface area contributed by atoms with E-state index in [4.69, 9.17) is 0 Å². The molecule has 222 valence electrons. The summed E-state index contributed by atoms with van der Waals surface area (Å²) in [6.07, 6.45) is 9.64. The third kappa shape index (κ3) is 7.23. The van der Waals surface area contributed by atoms with Crippen molar-refractivity contribution in [1.82, 2.24) is 0 Å². The van der Waals surface area contributed by atoms with Crippen molar-refractivity contribution in [2.45, 2.75) is 20.1 Å². The quantitative estimate of drug-likeness (QED) is 0.140. The molecule has 0 nitrogen and oxygen atoms in total. The van der Waals surface area contributed by atoms with E-state index in [1.807, 2.05) is 0 Å². The van der Waals surface area contributed by atoms with Crippen molar-refractivity contribution in [2.75, 3.05) is 0 Å². The zero-order chi connectivity index (χ0) is 31.0. The van der Waals surface area contributed by atoms with Gasteiger partial charge < -0.3 is 0 Å². The van der Waals surface area contributed by atoms with Gasteiger partial charge in [0.25, 0.3) is 0 Å². The van der Waals surface area contributed by atoms with Crippen LogP contribution in [0.1, 0.15) is 40.6 Å². The van der Waals surface area contributed by atoms with Gasteiger partial charge in [-0.3, -0.25) is 0 Å². The van der Waals surface area contributed by atoms with Gasteiger partial charge in [-0.15, -0.1) is 0 Å². The first kappa shape index (κ1) is 30.8. The van der Waals surface area contributed by atoms with Gasteiger partial charge in [0.1, 0.15) is 0 Å². The van der Waals surface area contributed by atoms with E-state index in [0.717, 1.165) is 12.8 Å². The van der Waals surface area contributed by atoms with Crippen LogP contribution >= 0.6 is 7.92 Å². The Kier molecular flexibility index (Phi) is 10.1. The molecule has 0 aromatic heterocycles. The third-order valence-corrected chi connectivity index (χ3v) is 16.3. The maximum Gasteiger partial charge on any atom is -0.0238 e. The molecule has 0 saturated carbocycles. The summed E-state index contributed by atoms with van der Waals surface area (Å²) in [6.45, 7) is 0. The van der Waals surface area contributed by atoms with Crippen LogP contribution in [0.25, 0.3) is 12.2 Å². The Morgan fingerprint density at radius 3 is 1.48 bits per heavy atom. The molecule has 2 aliphatic rings. The van der Waals surface area contributed by atoms with Crippen molar-refractivity contribution in [2.24, 2.45) is 0 Å². The van der Waals surface area contributed by atoms with Gasteiger partial charge in [0, 0.05) is 0 Å². The zero-order valence-electron chi connectivity index (χ0n) is 25.9. The van der Waals surface area contributed by atoms with Gasteiger partial charge in [0.15, 0.2) is 0 Å². The smallest absolute Gasteiger partial charge is 0.0238 e. The average Bonchev–Trinajstić information content (AvgIpc) is 3.71. The van der Waals surface area contributed by atoms with Gasteiger partial charge >= 0.3 is 204 Å². The topological polar surface area (TPSA) is 0 Å². The maximum absolute atomic E-state index is 2.54. The molecule has 0 amide bonds. The summed E-state index contributed by atoms with van der Waals surface area (Å²) in [5, 5.41) is 4.57. The molecule has 6 aromatic rings. The molecule has 0 fully saturated rings. The van der Waals surface area contributed by atoms with Crippen LogP contribution in [-0.4, -0.2) is 0 Å². The maximum atomic E-state index is 2.54. The van der Waals surface area contributed by atoms with Crippen molar-refractivity contribution >= 4 is 30.7 Å². The third-order valence-electron chi connectivity index (χ3n) is 8.73. The van der Waals surface area contributed by atoms with Crippen molar-refractivity contribution < 1.29 is 23.2 Å². The van der Waals surface area contributed by atoms with Crippen LogP contribution < -0.4 is 10.6 Å². The van der Waals surface area contributed by atoms with E-state index in [1.54, 1.807) is 16.4 Å². The van der Waals surface area contributed by atoms with Crippen LogP contribution in [0.2, 0.25) is 0 Å². The number of rotatable bonds is 8. The molecule has 46 heavy (non-hydrogen) atoms. The summed E-state index contributed by atoms with van der Waals surface area (Å²) >= 11 is -0.853. The van der Waals surface area contributed by atoms with E-state index in [0.29, 0.717) is 7.25 Å². The van der Waals surface area contributed by atoms with Gasteiger partial charge in [-0.2, -0.15) is 0 Å². The number of hydrogen-bond acceptors (Lipinski definition) is 0. The minimum atomic E-state index is -0.853. The molecule has 0 saturated heterocycles. The molecule has 8 rings (SSSR count). The Labute approximate surface area is 286 Å². The molecule has 0 heterocycles. The largest absolute Gasteiger partial charge is 0.0622 e. The Hall–Kier alpha value is -3.89. The Bertz CT molecular complexity index is 1830. The van der Waals surface area contributed by atoms with Gasteiger partial charge in [-0.05, 0) is 24.0 Å². The summed E-state index contributed by atoms with van der Waals surface area (Å²) in [4.78, 5) is 0. The number of benzene rings is 6. The SMILES string of the molecule is C1=C[CH]([Zr][CH]2C(P(c3ccccc3)c3ccccc3)=Cc3ccccc32)c2ccccc21.c1ccc(CCc2ccccc2)cc1. The van der Waals surface area contributed by atoms with Crippen molar-refractivity contribution in [3.05, 3.63) is 215 Å². The average molecular weight is 688 g/mol. The first-order chi connectivity index (χ1) is 22.8. The van der Waals surface area contributed by atoms with Crippen LogP contribution in [0.3, 0.4) is 0 Å². The Morgan fingerprint density at radius 1 is 0.457 bits per heavy atom. The molecule has 2 heteroatoms. The second-order valence-corrected chi connectivity index (χ2v) is 17.7. The number of allylic oxidation sites excluding steroid dienone is 2. The van der Waals surface area contributed by atoms with Gasteiger partial charge in [0.2, 0.25) is 0 Å². The second kappa shape index (κ2) is 15.1. The van der Waals surface area contributed by atoms with Crippen LogP contribution in [0.5, 0.6) is 0 Å². The molecular formula is C44H37PZr. The minimum absolute atomic E-state index is 0.546. The molecular weight excluding hydrogens is 651 g/mol. The fraction of sp³-hybridized carbons (Fsp3) is 0.0909. The fourth-order valence-electron chi connectivity index (χ4n) is 6.43. The molecule has 0 radical (unpaired) electrons. The van der Waals surface area contributed by atoms with Crippen molar-refractivity contribution in [3.8, 4) is 0 Å². The van der Waals surface area contributed by atoms with E-state index in [-0.39, 0.29) is 0 Å². The van der Waals surface area contributed by atoms with Gasteiger partial charge in [-0.1, -0.05) is 60.7 Å². The predicted molar refractivity (Wildman–Crippen MR) is 195 cm³/mol.